The van der Waals surface area contributed by atoms with Crippen molar-refractivity contribution in [2.24, 2.45) is 0 Å². The second kappa shape index (κ2) is 9.97. The number of ether oxygens (including phenoxy) is 1. The second-order valence-electron chi connectivity index (χ2n) is 7.53. The molecular weight excluding hydrogens is 427 g/mol. The Hall–Kier alpha value is -3.16. The molecule has 32 heavy (non-hydrogen) atoms. The van der Waals surface area contributed by atoms with Crippen LogP contribution in [-0.4, -0.2) is 24.2 Å². The summed E-state index contributed by atoms with van der Waals surface area (Å²) in [6.45, 7) is 2.18. The van der Waals surface area contributed by atoms with Crippen LogP contribution < -0.4 is 10.2 Å². The first-order valence-electron chi connectivity index (χ1n) is 10.2. The lowest BCUT2D eigenvalue weighted by Gasteiger charge is -2.25. The van der Waals surface area contributed by atoms with E-state index in [0.29, 0.717) is 12.3 Å². The zero-order chi connectivity index (χ0) is 22.5. The molecule has 0 bridgehead atoms. The van der Waals surface area contributed by atoms with Gasteiger partial charge in [-0.2, -0.15) is 0 Å². The average Bonchev–Trinajstić information content (AvgIpc) is 3.18. The fourth-order valence-corrected chi connectivity index (χ4v) is 4.67. The summed E-state index contributed by atoms with van der Waals surface area (Å²) < 4.78 is 19.9. The minimum absolute atomic E-state index is 0.0516. The number of hydrogen-bond donors (Lipinski definition) is 1. The van der Waals surface area contributed by atoms with Gasteiger partial charge in [-0.1, -0.05) is 48.5 Å². The zero-order valence-corrected chi connectivity index (χ0v) is 18.4. The van der Waals surface area contributed by atoms with Gasteiger partial charge < -0.3 is 10.1 Å². The number of hydrogen-bond acceptors (Lipinski definition) is 4. The summed E-state index contributed by atoms with van der Waals surface area (Å²) in [5, 5.41) is 2.48. The van der Waals surface area contributed by atoms with Crippen LogP contribution in [0.2, 0.25) is 0 Å². The van der Waals surface area contributed by atoms with Crippen molar-refractivity contribution < 1.29 is 18.7 Å². The molecule has 1 atom stereocenters. The summed E-state index contributed by atoms with van der Waals surface area (Å²) in [5.74, 6) is -0.509. The summed E-state index contributed by atoms with van der Waals surface area (Å²) >= 11 is 1.45. The molecule has 0 aromatic heterocycles. The first kappa shape index (κ1) is 22.0. The Kier molecular flexibility index (Phi) is 6.87. The van der Waals surface area contributed by atoms with Gasteiger partial charge in [0.1, 0.15) is 17.8 Å². The highest BCUT2D eigenvalue weighted by Gasteiger charge is 2.35. The molecule has 0 radical (unpaired) electrons. The lowest BCUT2D eigenvalue weighted by atomic mass is 10.1. The van der Waals surface area contributed by atoms with E-state index in [0.717, 1.165) is 16.7 Å². The van der Waals surface area contributed by atoms with Crippen molar-refractivity contribution in [2.75, 3.05) is 22.6 Å². The highest BCUT2D eigenvalue weighted by Crippen LogP contribution is 2.42. The van der Waals surface area contributed by atoms with Gasteiger partial charge in [0, 0.05) is 5.69 Å². The van der Waals surface area contributed by atoms with E-state index in [4.69, 9.17) is 4.74 Å². The predicted octanol–water partition coefficient (Wildman–Crippen LogP) is 5.07. The smallest absolute Gasteiger partial charge is 0.250 e. The summed E-state index contributed by atoms with van der Waals surface area (Å²) in [7, 11) is 0. The Bertz CT molecular complexity index is 1110. The lowest BCUT2D eigenvalue weighted by Crippen LogP contribution is -2.28. The number of halogens is 1. The third-order valence-electron chi connectivity index (χ3n) is 5.05. The summed E-state index contributed by atoms with van der Waals surface area (Å²) in [5.41, 5.74) is 3.67. The fourth-order valence-electron chi connectivity index (χ4n) is 3.50. The maximum Gasteiger partial charge on any atom is 0.250 e. The lowest BCUT2D eigenvalue weighted by molar-refractivity contribution is -0.121. The maximum atomic E-state index is 14.4. The molecule has 1 fully saturated rings. The van der Waals surface area contributed by atoms with Crippen molar-refractivity contribution in [1.29, 1.82) is 0 Å². The molecule has 7 heteroatoms. The van der Waals surface area contributed by atoms with Gasteiger partial charge in [0.25, 0.3) is 0 Å². The Labute approximate surface area is 190 Å². The molecule has 1 unspecified atom stereocenters. The molecule has 0 spiro atoms. The molecule has 1 aliphatic rings. The molecule has 3 aromatic rings. The molecule has 1 N–H and O–H groups in total. The van der Waals surface area contributed by atoms with Crippen LogP contribution in [0.3, 0.4) is 0 Å². The Morgan fingerprint density at radius 2 is 1.88 bits per heavy atom. The van der Waals surface area contributed by atoms with Crippen LogP contribution in [0.1, 0.15) is 22.1 Å². The molecule has 0 saturated carbocycles. The van der Waals surface area contributed by atoms with E-state index in [2.05, 4.69) is 5.32 Å². The van der Waals surface area contributed by atoms with E-state index in [9.17, 15) is 14.0 Å². The van der Waals surface area contributed by atoms with E-state index in [1.807, 2.05) is 49.4 Å². The minimum Gasteiger partial charge on any atom is -0.367 e. The van der Waals surface area contributed by atoms with Gasteiger partial charge in [-0.15, -0.1) is 11.8 Å². The van der Waals surface area contributed by atoms with Gasteiger partial charge in [-0.3, -0.25) is 14.5 Å². The van der Waals surface area contributed by atoms with Crippen molar-refractivity contribution in [1.82, 2.24) is 0 Å². The van der Waals surface area contributed by atoms with Gasteiger partial charge >= 0.3 is 0 Å². The predicted molar refractivity (Wildman–Crippen MR) is 125 cm³/mol. The van der Waals surface area contributed by atoms with Crippen LogP contribution >= 0.6 is 11.8 Å². The third kappa shape index (κ3) is 5.18. The average molecular weight is 451 g/mol. The van der Waals surface area contributed by atoms with Crippen LogP contribution in [0.15, 0.2) is 72.8 Å². The number of anilines is 2. The van der Waals surface area contributed by atoms with Gasteiger partial charge in [0.15, 0.2) is 0 Å². The normalized spacial score (nSPS) is 15.8. The van der Waals surface area contributed by atoms with Crippen LogP contribution in [-0.2, 0) is 20.9 Å². The molecule has 1 aliphatic heterocycles. The Balaban J connectivity index is 1.38. The topological polar surface area (TPSA) is 58.6 Å². The zero-order valence-electron chi connectivity index (χ0n) is 17.6. The van der Waals surface area contributed by atoms with Gasteiger partial charge in [0.05, 0.1) is 18.0 Å². The van der Waals surface area contributed by atoms with Crippen LogP contribution in [0.25, 0.3) is 0 Å². The molecular formula is C25H23FN2O3S. The molecule has 164 valence electrons. The summed E-state index contributed by atoms with van der Waals surface area (Å²) in [6, 6.07) is 21.6. The molecule has 5 nitrogen and oxygen atoms in total. The fraction of sp³-hybridized carbons (Fsp3) is 0.200. The number of amides is 2. The van der Waals surface area contributed by atoms with E-state index in [1.165, 1.54) is 22.7 Å². The summed E-state index contributed by atoms with van der Waals surface area (Å²) in [4.78, 5) is 26.2. The van der Waals surface area contributed by atoms with Crippen molar-refractivity contribution in [2.45, 2.75) is 18.9 Å². The Morgan fingerprint density at radius 3 is 2.62 bits per heavy atom. The highest BCUT2D eigenvalue weighted by atomic mass is 32.2. The maximum absolute atomic E-state index is 14.4. The van der Waals surface area contributed by atoms with Crippen LogP contribution in [0.4, 0.5) is 15.8 Å². The molecule has 1 saturated heterocycles. The van der Waals surface area contributed by atoms with Gasteiger partial charge in [0.2, 0.25) is 11.8 Å². The quantitative estimate of drug-likeness (QED) is 0.546. The van der Waals surface area contributed by atoms with Crippen molar-refractivity contribution in [3.8, 4) is 0 Å². The minimum atomic E-state index is -0.421. The number of rotatable bonds is 7. The van der Waals surface area contributed by atoms with E-state index >= 15 is 0 Å². The van der Waals surface area contributed by atoms with Crippen molar-refractivity contribution in [3.05, 3.63) is 95.3 Å². The molecule has 0 aliphatic carbocycles. The molecule has 3 aromatic carbocycles. The standard InChI is InChI=1S/C25H23FN2O3S/c1-17-7-12-21(26)22(13-17)28-24(30)16-32-25(28)19-8-10-20(11-9-19)27-23(29)15-31-14-18-5-3-2-4-6-18/h2-13,25H,14-16H2,1H3,(H,27,29). The number of aryl methyl sites for hydroxylation is 1. The van der Waals surface area contributed by atoms with Crippen molar-refractivity contribution >= 4 is 35.0 Å². The highest BCUT2D eigenvalue weighted by molar-refractivity contribution is 8.00. The number of carbonyl (C=O) groups excluding carboxylic acids is 2. The first-order chi connectivity index (χ1) is 15.5. The van der Waals surface area contributed by atoms with Crippen LogP contribution in [0.5, 0.6) is 0 Å². The number of nitrogens with one attached hydrogen (secondary N) is 1. The van der Waals surface area contributed by atoms with E-state index in [-0.39, 0.29) is 35.2 Å². The molecule has 2 amide bonds. The molecule has 4 rings (SSSR count). The first-order valence-corrected chi connectivity index (χ1v) is 11.3. The van der Waals surface area contributed by atoms with Gasteiger partial charge in [-0.25, -0.2) is 4.39 Å². The third-order valence-corrected chi connectivity index (χ3v) is 6.27. The number of benzene rings is 3. The molecule has 1 heterocycles. The number of nitrogens with zero attached hydrogens (tertiary/aromatic N) is 1. The summed E-state index contributed by atoms with van der Waals surface area (Å²) in [6.07, 6.45) is 0. The largest absolute Gasteiger partial charge is 0.367 e. The monoisotopic (exact) mass is 450 g/mol. The van der Waals surface area contributed by atoms with E-state index in [1.54, 1.807) is 24.3 Å². The SMILES string of the molecule is Cc1ccc(F)c(N2C(=O)CSC2c2ccc(NC(=O)COCc3ccccc3)cc2)c1. The second-order valence-corrected chi connectivity index (χ2v) is 8.60. The van der Waals surface area contributed by atoms with Crippen LogP contribution in [0, 0.1) is 12.7 Å². The number of carbonyl (C=O) groups is 2. The number of thioether (sulfide) groups is 1. The Morgan fingerprint density at radius 1 is 1.12 bits per heavy atom. The van der Waals surface area contributed by atoms with E-state index < -0.39 is 5.82 Å². The van der Waals surface area contributed by atoms with Gasteiger partial charge in [-0.05, 0) is 47.9 Å². The van der Waals surface area contributed by atoms with Crippen molar-refractivity contribution in [3.63, 3.8) is 0 Å².